The number of nitrogens with zero attached hydrogens (tertiary/aromatic N) is 3. The maximum absolute atomic E-state index is 12.2. The monoisotopic (exact) mass is 267 g/mol. The molecule has 0 aliphatic carbocycles. The first-order chi connectivity index (χ1) is 8.99. The fraction of sp³-hybridized carbons (Fsp3) is 0.615. The van der Waals surface area contributed by atoms with Crippen LogP contribution in [0.25, 0.3) is 0 Å². The van der Waals surface area contributed by atoms with Crippen molar-refractivity contribution in [2.24, 2.45) is 0 Å². The Bertz CT molecular complexity index is 454. The molecule has 0 aromatic carbocycles. The number of esters is 1. The third-order valence-corrected chi connectivity index (χ3v) is 2.87. The first kappa shape index (κ1) is 15.2. The quantitative estimate of drug-likeness (QED) is 0.727. The summed E-state index contributed by atoms with van der Waals surface area (Å²) in [5.41, 5.74) is 1.41. The molecule has 0 spiro atoms. The van der Waals surface area contributed by atoms with E-state index in [2.05, 4.69) is 9.84 Å². The van der Waals surface area contributed by atoms with Gasteiger partial charge in [-0.15, -0.1) is 0 Å². The molecule has 0 fully saturated rings. The second kappa shape index (κ2) is 6.92. The average Bonchev–Trinajstić information content (AvgIpc) is 2.78. The lowest BCUT2D eigenvalue weighted by molar-refractivity contribution is -0.140. The van der Waals surface area contributed by atoms with Gasteiger partial charge in [0, 0.05) is 26.6 Å². The van der Waals surface area contributed by atoms with E-state index >= 15 is 0 Å². The predicted octanol–water partition coefficient (Wildman–Crippen LogP) is 1.24. The summed E-state index contributed by atoms with van der Waals surface area (Å²) in [6, 6.07) is 1.78. The molecule has 6 nitrogen and oxygen atoms in total. The van der Waals surface area contributed by atoms with Gasteiger partial charge in [0.15, 0.2) is 0 Å². The second-order valence-corrected chi connectivity index (χ2v) is 4.39. The lowest BCUT2D eigenvalue weighted by Crippen LogP contribution is -2.30. The van der Waals surface area contributed by atoms with Crippen molar-refractivity contribution < 1.29 is 14.3 Å². The highest BCUT2D eigenvalue weighted by Crippen LogP contribution is 2.08. The van der Waals surface area contributed by atoms with Crippen molar-refractivity contribution in [3.8, 4) is 0 Å². The smallest absolute Gasteiger partial charge is 0.305 e. The van der Waals surface area contributed by atoms with Gasteiger partial charge in [0.25, 0.3) is 5.91 Å². The minimum Gasteiger partial charge on any atom is -0.469 e. The summed E-state index contributed by atoms with van der Waals surface area (Å²) >= 11 is 0. The van der Waals surface area contributed by atoms with Crippen LogP contribution in [0.4, 0.5) is 0 Å². The van der Waals surface area contributed by atoms with Crippen LogP contribution in [0.3, 0.4) is 0 Å². The van der Waals surface area contributed by atoms with Crippen molar-refractivity contribution >= 4 is 11.9 Å². The number of rotatable bonds is 6. The zero-order valence-electron chi connectivity index (χ0n) is 12.0. The van der Waals surface area contributed by atoms with Crippen molar-refractivity contribution in [3.63, 3.8) is 0 Å². The number of amides is 1. The highest BCUT2D eigenvalue weighted by Gasteiger charge is 2.17. The Balaban J connectivity index is 2.58. The molecule has 0 saturated heterocycles. The minimum absolute atomic E-state index is 0.0766. The van der Waals surface area contributed by atoms with E-state index in [1.165, 1.54) is 7.11 Å². The zero-order chi connectivity index (χ0) is 14.4. The van der Waals surface area contributed by atoms with Crippen molar-refractivity contribution in [1.82, 2.24) is 14.7 Å². The molecule has 19 heavy (non-hydrogen) atoms. The van der Waals surface area contributed by atoms with E-state index < -0.39 is 0 Å². The predicted molar refractivity (Wildman–Crippen MR) is 70.8 cm³/mol. The number of methoxy groups -OCH3 is 1. The van der Waals surface area contributed by atoms with Crippen LogP contribution in [-0.2, 0) is 16.1 Å². The lowest BCUT2D eigenvalue weighted by Gasteiger charge is -2.17. The molecule has 0 bridgehead atoms. The Hall–Kier alpha value is -1.85. The van der Waals surface area contributed by atoms with Crippen LogP contribution in [0.15, 0.2) is 6.07 Å². The molecule has 0 atom stereocenters. The first-order valence-electron chi connectivity index (χ1n) is 6.36. The number of hydrogen-bond donors (Lipinski definition) is 0. The van der Waals surface area contributed by atoms with E-state index in [0.29, 0.717) is 31.6 Å². The van der Waals surface area contributed by atoms with Crippen LogP contribution in [0.2, 0.25) is 0 Å². The van der Waals surface area contributed by atoms with Gasteiger partial charge in [-0.3, -0.25) is 14.3 Å². The van der Waals surface area contributed by atoms with Gasteiger partial charge in [-0.1, -0.05) is 0 Å². The van der Waals surface area contributed by atoms with Crippen LogP contribution in [0.5, 0.6) is 0 Å². The number of carbonyl (C=O) groups excluding carboxylic acids is 2. The Labute approximate surface area is 113 Å². The molecule has 0 unspecified atom stereocenters. The summed E-state index contributed by atoms with van der Waals surface area (Å²) in [7, 11) is 3.09. The van der Waals surface area contributed by atoms with E-state index in [1.54, 1.807) is 22.7 Å². The minimum atomic E-state index is -0.254. The van der Waals surface area contributed by atoms with Gasteiger partial charge in [-0.2, -0.15) is 5.10 Å². The molecule has 0 N–H and O–H groups in total. The highest BCUT2D eigenvalue weighted by molar-refractivity contribution is 5.92. The lowest BCUT2D eigenvalue weighted by atomic mass is 10.2. The van der Waals surface area contributed by atoms with E-state index in [0.717, 1.165) is 5.69 Å². The molecule has 1 rings (SSSR count). The zero-order valence-corrected chi connectivity index (χ0v) is 12.0. The summed E-state index contributed by atoms with van der Waals surface area (Å²) < 4.78 is 6.25. The summed E-state index contributed by atoms with van der Waals surface area (Å²) in [6.45, 7) is 4.98. The third kappa shape index (κ3) is 4.08. The fourth-order valence-electron chi connectivity index (χ4n) is 1.82. The van der Waals surface area contributed by atoms with Crippen molar-refractivity contribution in [1.29, 1.82) is 0 Å². The number of ether oxygens (including phenoxy) is 1. The van der Waals surface area contributed by atoms with Gasteiger partial charge in [0.1, 0.15) is 5.69 Å². The molecular formula is C13H21N3O3. The fourth-order valence-corrected chi connectivity index (χ4v) is 1.82. The maximum Gasteiger partial charge on any atom is 0.305 e. The molecular weight excluding hydrogens is 246 g/mol. The Morgan fingerprint density at radius 3 is 2.74 bits per heavy atom. The van der Waals surface area contributed by atoms with E-state index in [4.69, 9.17) is 0 Å². The summed E-state index contributed by atoms with van der Waals surface area (Å²) in [5.74, 6) is -0.331. The normalized spacial score (nSPS) is 10.3. The van der Waals surface area contributed by atoms with Gasteiger partial charge in [-0.05, 0) is 26.3 Å². The van der Waals surface area contributed by atoms with Crippen LogP contribution < -0.4 is 0 Å². The van der Waals surface area contributed by atoms with Crippen LogP contribution >= 0.6 is 0 Å². The van der Waals surface area contributed by atoms with Crippen molar-refractivity contribution in [3.05, 3.63) is 17.5 Å². The third-order valence-electron chi connectivity index (χ3n) is 2.87. The molecule has 1 amide bonds. The van der Waals surface area contributed by atoms with E-state index in [-0.39, 0.29) is 11.9 Å². The first-order valence-corrected chi connectivity index (χ1v) is 6.36. The standard InChI is InChI=1S/C13H21N3O3/c1-5-16-11(9-10(2)14-16)13(18)15(3)8-6-7-12(17)19-4/h9H,5-8H2,1-4H3. The molecule has 0 radical (unpaired) electrons. The van der Waals surface area contributed by atoms with Crippen LogP contribution in [0.1, 0.15) is 35.9 Å². The van der Waals surface area contributed by atoms with Gasteiger partial charge in [0.2, 0.25) is 0 Å². The van der Waals surface area contributed by atoms with E-state index in [1.807, 2.05) is 13.8 Å². The van der Waals surface area contributed by atoms with Crippen molar-refractivity contribution in [2.75, 3.05) is 20.7 Å². The van der Waals surface area contributed by atoms with Gasteiger partial charge >= 0.3 is 5.97 Å². The molecule has 1 aromatic heterocycles. The molecule has 1 heterocycles. The number of aryl methyl sites for hydroxylation is 2. The molecule has 106 valence electrons. The van der Waals surface area contributed by atoms with Crippen molar-refractivity contribution in [2.45, 2.75) is 33.2 Å². The Morgan fingerprint density at radius 2 is 2.16 bits per heavy atom. The molecule has 0 saturated carbocycles. The molecule has 1 aromatic rings. The number of carbonyl (C=O) groups is 2. The molecule has 6 heteroatoms. The van der Waals surface area contributed by atoms with Gasteiger partial charge < -0.3 is 9.64 Å². The van der Waals surface area contributed by atoms with E-state index in [9.17, 15) is 9.59 Å². The second-order valence-electron chi connectivity index (χ2n) is 4.39. The van der Waals surface area contributed by atoms with Crippen LogP contribution in [0, 0.1) is 6.92 Å². The van der Waals surface area contributed by atoms with Gasteiger partial charge in [0.05, 0.1) is 12.8 Å². The van der Waals surface area contributed by atoms with Gasteiger partial charge in [-0.25, -0.2) is 0 Å². The SMILES string of the molecule is CCn1nc(C)cc1C(=O)N(C)CCCC(=O)OC. The Kier molecular flexibility index (Phi) is 5.54. The maximum atomic E-state index is 12.2. The topological polar surface area (TPSA) is 64.4 Å². The summed E-state index contributed by atoms with van der Waals surface area (Å²) in [5, 5.41) is 4.25. The number of hydrogen-bond acceptors (Lipinski definition) is 4. The summed E-state index contributed by atoms with van der Waals surface area (Å²) in [4.78, 5) is 24.8. The van der Waals surface area contributed by atoms with Crippen LogP contribution in [-0.4, -0.2) is 47.3 Å². The molecule has 0 aliphatic heterocycles. The number of aromatic nitrogens is 2. The average molecular weight is 267 g/mol. The highest BCUT2D eigenvalue weighted by atomic mass is 16.5. The largest absolute Gasteiger partial charge is 0.469 e. The Morgan fingerprint density at radius 1 is 1.47 bits per heavy atom. The molecule has 0 aliphatic rings. The summed E-state index contributed by atoms with van der Waals surface area (Å²) in [6.07, 6.45) is 0.911.